The van der Waals surface area contributed by atoms with Gasteiger partial charge in [0.05, 0.1) is 15.6 Å². The predicted octanol–water partition coefficient (Wildman–Crippen LogP) is 4.75. The molecule has 4 heteroatoms. The highest BCUT2D eigenvalue weighted by Gasteiger charge is 2.42. The summed E-state index contributed by atoms with van der Waals surface area (Å²) in [5.41, 5.74) is 1.66. The molecule has 2 aromatic carbocycles. The van der Waals surface area contributed by atoms with Crippen LogP contribution in [-0.2, 0) is 10.2 Å². The molecule has 1 saturated carbocycles. The zero-order chi connectivity index (χ0) is 15.7. The van der Waals surface area contributed by atoms with Gasteiger partial charge < -0.3 is 5.32 Å². The molecule has 1 N–H and O–H groups in total. The van der Waals surface area contributed by atoms with Crippen LogP contribution in [0.15, 0.2) is 54.6 Å². The third-order valence-corrected chi connectivity index (χ3v) is 5.68. The van der Waals surface area contributed by atoms with Crippen molar-refractivity contribution in [2.24, 2.45) is 0 Å². The van der Waals surface area contributed by atoms with Crippen molar-refractivity contribution < 1.29 is 4.79 Å². The maximum atomic E-state index is 13.1. The molecule has 3 nitrogen and oxygen atoms in total. The van der Waals surface area contributed by atoms with Crippen molar-refractivity contribution in [1.82, 2.24) is 4.98 Å². The molecule has 0 radical (unpaired) electrons. The van der Waals surface area contributed by atoms with Crippen LogP contribution >= 0.6 is 11.3 Å². The number of amides is 1. The smallest absolute Gasteiger partial charge is 0.236 e. The van der Waals surface area contributed by atoms with Gasteiger partial charge >= 0.3 is 0 Å². The summed E-state index contributed by atoms with van der Waals surface area (Å²) in [5, 5.41) is 3.77. The average molecular weight is 322 g/mol. The fourth-order valence-corrected chi connectivity index (χ4v) is 4.39. The van der Waals surface area contributed by atoms with Gasteiger partial charge in [0, 0.05) is 0 Å². The maximum absolute atomic E-state index is 13.1. The molecule has 1 amide bonds. The van der Waals surface area contributed by atoms with Crippen LogP contribution in [0.25, 0.3) is 10.2 Å². The molecule has 0 atom stereocenters. The van der Waals surface area contributed by atoms with E-state index in [4.69, 9.17) is 0 Å². The van der Waals surface area contributed by atoms with Crippen LogP contribution in [0.1, 0.15) is 31.2 Å². The Morgan fingerprint density at radius 3 is 2.43 bits per heavy atom. The number of carbonyl (C=O) groups excluding carboxylic acids is 1. The Morgan fingerprint density at radius 2 is 1.70 bits per heavy atom. The van der Waals surface area contributed by atoms with E-state index in [0.29, 0.717) is 5.13 Å². The highest BCUT2D eigenvalue weighted by atomic mass is 32.1. The lowest BCUT2D eigenvalue weighted by molar-refractivity contribution is -0.121. The van der Waals surface area contributed by atoms with Crippen LogP contribution in [-0.4, -0.2) is 10.9 Å². The first-order chi connectivity index (χ1) is 11.3. The first-order valence-electron chi connectivity index (χ1n) is 8.00. The van der Waals surface area contributed by atoms with Gasteiger partial charge in [-0.15, -0.1) is 0 Å². The number of carbonyl (C=O) groups is 1. The van der Waals surface area contributed by atoms with Crippen LogP contribution in [0, 0.1) is 0 Å². The molecule has 1 aliphatic rings. The van der Waals surface area contributed by atoms with Crippen molar-refractivity contribution >= 4 is 32.6 Å². The number of fused-ring (bicyclic) bond motifs is 1. The van der Waals surface area contributed by atoms with Crippen molar-refractivity contribution in [3.63, 3.8) is 0 Å². The lowest BCUT2D eigenvalue weighted by Gasteiger charge is -2.27. The average Bonchev–Trinajstić information content (AvgIpc) is 3.23. The summed E-state index contributed by atoms with van der Waals surface area (Å²) in [6.45, 7) is 0. The fourth-order valence-electron chi connectivity index (χ4n) is 3.53. The number of benzene rings is 2. The van der Waals surface area contributed by atoms with Crippen molar-refractivity contribution in [2.75, 3.05) is 5.32 Å². The minimum Gasteiger partial charge on any atom is -0.301 e. The van der Waals surface area contributed by atoms with Gasteiger partial charge in [0.1, 0.15) is 0 Å². The summed E-state index contributed by atoms with van der Waals surface area (Å²) >= 11 is 1.54. The predicted molar refractivity (Wildman–Crippen MR) is 94.8 cm³/mol. The molecule has 0 aliphatic heterocycles. The summed E-state index contributed by atoms with van der Waals surface area (Å²) in [6.07, 6.45) is 4.02. The number of aromatic nitrogens is 1. The molecular formula is C19H18N2OS. The number of para-hydroxylation sites is 1. The topological polar surface area (TPSA) is 42.0 Å². The minimum absolute atomic E-state index is 0.0836. The lowest BCUT2D eigenvalue weighted by atomic mass is 9.78. The fraction of sp³-hybridized carbons (Fsp3) is 0.263. The Hall–Kier alpha value is -2.20. The summed E-state index contributed by atoms with van der Waals surface area (Å²) in [6, 6.07) is 18.1. The summed E-state index contributed by atoms with van der Waals surface area (Å²) in [7, 11) is 0. The Morgan fingerprint density at radius 1 is 1.00 bits per heavy atom. The minimum atomic E-state index is -0.404. The highest BCUT2D eigenvalue weighted by molar-refractivity contribution is 7.22. The number of anilines is 1. The van der Waals surface area contributed by atoms with Gasteiger partial charge in [-0.05, 0) is 30.5 Å². The second kappa shape index (κ2) is 5.78. The second-order valence-electron chi connectivity index (χ2n) is 6.10. The Balaban J connectivity index is 1.66. The van der Waals surface area contributed by atoms with Gasteiger partial charge in [0.15, 0.2) is 5.13 Å². The molecule has 0 saturated heterocycles. The van der Waals surface area contributed by atoms with Gasteiger partial charge in [0.25, 0.3) is 0 Å². The van der Waals surface area contributed by atoms with Crippen molar-refractivity contribution in [1.29, 1.82) is 0 Å². The third kappa shape index (κ3) is 2.53. The Bertz CT molecular complexity index is 802. The number of rotatable bonds is 3. The highest BCUT2D eigenvalue weighted by Crippen LogP contribution is 2.42. The molecule has 0 unspecified atom stereocenters. The quantitative estimate of drug-likeness (QED) is 0.756. The largest absolute Gasteiger partial charge is 0.301 e. The van der Waals surface area contributed by atoms with Crippen LogP contribution in [0.4, 0.5) is 5.13 Å². The number of nitrogens with zero attached hydrogens (tertiary/aromatic N) is 1. The normalized spacial score (nSPS) is 16.5. The monoisotopic (exact) mass is 322 g/mol. The number of nitrogens with one attached hydrogen (secondary N) is 1. The van der Waals surface area contributed by atoms with E-state index in [-0.39, 0.29) is 5.91 Å². The van der Waals surface area contributed by atoms with E-state index in [0.717, 1.165) is 41.5 Å². The molecule has 23 heavy (non-hydrogen) atoms. The SMILES string of the molecule is O=C(Nc1nc2ccccc2s1)C1(c2ccccc2)CCCC1. The van der Waals surface area contributed by atoms with Gasteiger partial charge in [-0.1, -0.05) is 66.6 Å². The van der Waals surface area contributed by atoms with Crippen LogP contribution < -0.4 is 5.32 Å². The van der Waals surface area contributed by atoms with E-state index in [1.54, 1.807) is 0 Å². The first kappa shape index (κ1) is 14.4. The lowest BCUT2D eigenvalue weighted by Crippen LogP contribution is -2.37. The molecular weight excluding hydrogens is 304 g/mol. The zero-order valence-electron chi connectivity index (χ0n) is 12.8. The molecule has 1 aromatic heterocycles. The van der Waals surface area contributed by atoms with Gasteiger partial charge in [-0.3, -0.25) is 4.79 Å². The molecule has 1 heterocycles. The zero-order valence-corrected chi connectivity index (χ0v) is 13.6. The molecule has 1 aliphatic carbocycles. The molecule has 116 valence electrons. The number of hydrogen-bond donors (Lipinski definition) is 1. The van der Waals surface area contributed by atoms with Gasteiger partial charge in [0.2, 0.25) is 5.91 Å². The van der Waals surface area contributed by atoms with Crippen molar-refractivity contribution in [3.8, 4) is 0 Å². The molecule has 0 bridgehead atoms. The summed E-state index contributed by atoms with van der Waals surface area (Å²) in [4.78, 5) is 17.6. The summed E-state index contributed by atoms with van der Waals surface area (Å²) in [5.74, 6) is 0.0836. The molecule has 3 aromatic rings. The molecule has 4 rings (SSSR count). The maximum Gasteiger partial charge on any atom is 0.236 e. The van der Waals surface area contributed by atoms with Crippen LogP contribution in [0.5, 0.6) is 0 Å². The Labute approximate surface area is 139 Å². The van der Waals surface area contributed by atoms with E-state index in [1.165, 1.54) is 11.3 Å². The van der Waals surface area contributed by atoms with E-state index >= 15 is 0 Å². The Kier molecular flexibility index (Phi) is 3.62. The van der Waals surface area contributed by atoms with E-state index in [9.17, 15) is 4.79 Å². The van der Waals surface area contributed by atoms with Gasteiger partial charge in [-0.25, -0.2) is 4.98 Å². The van der Waals surface area contributed by atoms with Crippen LogP contribution in [0.2, 0.25) is 0 Å². The van der Waals surface area contributed by atoms with Crippen molar-refractivity contribution in [3.05, 3.63) is 60.2 Å². The third-order valence-electron chi connectivity index (χ3n) is 4.73. The summed E-state index contributed by atoms with van der Waals surface area (Å²) < 4.78 is 1.10. The standard InChI is InChI=1S/C19H18N2OS/c22-17(21-18-20-15-10-4-5-11-16(15)23-18)19(12-6-7-13-19)14-8-2-1-3-9-14/h1-5,8-11H,6-7,12-13H2,(H,20,21,22). The molecule has 1 fully saturated rings. The van der Waals surface area contributed by atoms with Crippen molar-refractivity contribution in [2.45, 2.75) is 31.1 Å². The van der Waals surface area contributed by atoms with E-state index < -0.39 is 5.41 Å². The van der Waals surface area contributed by atoms with E-state index in [2.05, 4.69) is 22.4 Å². The number of hydrogen-bond acceptors (Lipinski definition) is 3. The molecule has 0 spiro atoms. The first-order valence-corrected chi connectivity index (χ1v) is 8.82. The number of thiazole rings is 1. The second-order valence-corrected chi connectivity index (χ2v) is 7.13. The van der Waals surface area contributed by atoms with E-state index in [1.807, 2.05) is 42.5 Å². The van der Waals surface area contributed by atoms with Gasteiger partial charge in [-0.2, -0.15) is 0 Å². The van der Waals surface area contributed by atoms with Crippen LogP contribution in [0.3, 0.4) is 0 Å².